The summed E-state index contributed by atoms with van der Waals surface area (Å²) in [5.74, 6) is -1.43. The molecule has 1 atom stereocenters. The fraction of sp³-hybridized carbons (Fsp3) is 0.417. The van der Waals surface area contributed by atoms with Gasteiger partial charge in [-0.3, -0.25) is 13.9 Å². The number of halogens is 1. The lowest BCUT2D eigenvalue weighted by Gasteiger charge is -2.33. The van der Waals surface area contributed by atoms with Crippen LogP contribution in [0, 0.1) is 12.7 Å². The molecule has 0 bridgehead atoms. The number of nitrogens with zero attached hydrogens (tertiary/aromatic N) is 2. The minimum atomic E-state index is -3.85. The molecule has 0 heterocycles. The maximum Gasteiger partial charge on any atom is 0.244 e. The second-order valence-corrected chi connectivity index (χ2v) is 11.1. The molecule has 2 rings (SSSR count). The number of nitrogens with one attached hydrogen (secondary N) is 1. The Balaban J connectivity index is 2.38. The molecule has 33 heavy (non-hydrogen) atoms. The third kappa shape index (κ3) is 7.85. The largest absolute Gasteiger partial charge is 0.350 e. The molecule has 180 valence electrons. The van der Waals surface area contributed by atoms with E-state index in [1.54, 1.807) is 6.92 Å². The SMILES string of the molecule is Cc1ccc(CN(C(=O)CN(c2ccc(F)cc2)S(C)(=O)=O)[C@H](C)C(=O)NC(C)(C)C)cc1. The second-order valence-electron chi connectivity index (χ2n) is 9.17. The van der Waals surface area contributed by atoms with Crippen LogP contribution < -0.4 is 9.62 Å². The van der Waals surface area contributed by atoms with Gasteiger partial charge in [-0.2, -0.15) is 0 Å². The van der Waals surface area contributed by atoms with Gasteiger partial charge in [0.15, 0.2) is 0 Å². The highest BCUT2D eigenvalue weighted by Gasteiger charge is 2.31. The molecule has 9 heteroatoms. The summed E-state index contributed by atoms with van der Waals surface area (Å²) in [6.45, 7) is 8.66. The first-order chi connectivity index (χ1) is 15.2. The van der Waals surface area contributed by atoms with Crippen LogP contribution in [0.15, 0.2) is 48.5 Å². The van der Waals surface area contributed by atoms with Crippen molar-refractivity contribution in [2.45, 2.75) is 52.7 Å². The van der Waals surface area contributed by atoms with Crippen LogP contribution >= 0.6 is 0 Å². The van der Waals surface area contributed by atoms with Crippen molar-refractivity contribution in [2.24, 2.45) is 0 Å². The molecule has 1 N–H and O–H groups in total. The van der Waals surface area contributed by atoms with E-state index < -0.39 is 39.9 Å². The molecule has 0 spiro atoms. The third-order valence-electron chi connectivity index (χ3n) is 4.93. The molecule has 2 aromatic rings. The number of benzene rings is 2. The fourth-order valence-corrected chi connectivity index (χ4v) is 4.02. The van der Waals surface area contributed by atoms with Crippen molar-refractivity contribution in [2.75, 3.05) is 17.1 Å². The number of hydrogen-bond acceptors (Lipinski definition) is 4. The molecule has 0 radical (unpaired) electrons. The number of hydrogen-bond donors (Lipinski definition) is 1. The first-order valence-corrected chi connectivity index (χ1v) is 12.4. The van der Waals surface area contributed by atoms with Crippen molar-refractivity contribution in [3.8, 4) is 0 Å². The predicted molar refractivity (Wildman–Crippen MR) is 128 cm³/mol. The van der Waals surface area contributed by atoms with Gasteiger partial charge in [0.1, 0.15) is 18.4 Å². The number of carbonyl (C=O) groups is 2. The summed E-state index contributed by atoms with van der Waals surface area (Å²) < 4.78 is 39.1. The minimum Gasteiger partial charge on any atom is -0.350 e. The second kappa shape index (κ2) is 10.3. The summed E-state index contributed by atoms with van der Waals surface area (Å²) in [6.07, 6.45) is 0.976. The van der Waals surface area contributed by atoms with E-state index in [0.29, 0.717) is 0 Å². The Bertz CT molecular complexity index is 1080. The van der Waals surface area contributed by atoms with E-state index in [2.05, 4.69) is 5.32 Å². The zero-order chi connectivity index (χ0) is 25.0. The number of rotatable bonds is 8. The quantitative estimate of drug-likeness (QED) is 0.633. The number of anilines is 1. The molecule has 2 aromatic carbocycles. The summed E-state index contributed by atoms with van der Waals surface area (Å²) in [5, 5.41) is 2.86. The van der Waals surface area contributed by atoms with Gasteiger partial charge < -0.3 is 10.2 Å². The van der Waals surface area contributed by atoms with E-state index in [9.17, 15) is 22.4 Å². The minimum absolute atomic E-state index is 0.124. The van der Waals surface area contributed by atoms with Crippen LogP contribution in [0.3, 0.4) is 0 Å². The van der Waals surface area contributed by atoms with Gasteiger partial charge in [-0.1, -0.05) is 29.8 Å². The van der Waals surface area contributed by atoms with Crippen LogP contribution in [-0.2, 0) is 26.2 Å². The molecule has 0 saturated carbocycles. The Morgan fingerprint density at radius 1 is 1.03 bits per heavy atom. The smallest absolute Gasteiger partial charge is 0.244 e. The third-order valence-corrected chi connectivity index (χ3v) is 6.07. The van der Waals surface area contributed by atoms with Gasteiger partial charge in [0.2, 0.25) is 21.8 Å². The molecule has 0 saturated heterocycles. The number of sulfonamides is 1. The summed E-state index contributed by atoms with van der Waals surface area (Å²) in [4.78, 5) is 27.6. The molecular weight excluding hydrogens is 445 g/mol. The molecule has 0 aliphatic heterocycles. The Hall–Kier alpha value is -2.94. The van der Waals surface area contributed by atoms with Crippen molar-refractivity contribution in [3.05, 3.63) is 65.5 Å². The summed E-state index contributed by atoms with van der Waals surface area (Å²) in [6, 6.07) is 11.5. The molecule has 0 aliphatic rings. The molecule has 0 unspecified atom stereocenters. The van der Waals surface area contributed by atoms with Crippen LogP contribution in [0.4, 0.5) is 10.1 Å². The lowest BCUT2D eigenvalue weighted by Crippen LogP contribution is -2.54. The summed E-state index contributed by atoms with van der Waals surface area (Å²) in [5.41, 5.74) is 1.51. The van der Waals surface area contributed by atoms with Gasteiger partial charge in [-0.05, 0) is 64.4 Å². The van der Waals surface area contributed by atoms with E-state index >= 15 is 0 Å². The van der Waals surface area contributed by atoms with Crippen LogP contribution in [-0.4, -0.2) is 49.5 Å². The van der Waals surface area contributed by atoms with Crippen LogP contribution in [0.25, 0.3) is 0 Å². The van der Waals surface area contributed by atoms with E-state index in [-0.39, 0.29) is 18.1 Å². The van der Waals surface area contributed by atoms with Crippen LogP contribution in [0.2, 0.25) is 0 Å². The van der Waals surface area contributed by atoms with Crippen molar-refractivity contribution in [1.82, 2.24) is 10.2 Å². The lowest BCUT2D eigenvalue weighted by atomic mass is 10.1. The average molecular weight is 478 g/mol. The maximum absolute atomic E-state index is 13.4. The topological polar surface area (TPSA) is 86.8 Å². The van der Waals surface area contributed by atoms with E-state index in [0.717, 1.165) is 33.8 Å². The van der Waals surface area contributed by atoms with Crippen molar-refractivity contribution < 1.29 is 22.4 Å². The van der Waals surface area contributed by atoms with Crippen LogP contribution in [0.1, 0.15) is 38.8 Å². The molecule has 0 fully saturated rings. The van der Waals surface area contributed by atoms with E-state index in [1.807, 2.05) is 52.0 Å². The lowest BCUT2D eigenvalue weighted by molar-refractivity contribution is -0.140. The summed E-state index contributed by atoms with van der Waals surface area (Å²) >= 11 is 0. The number of aryl methyl sites for hydroxylation is 1. The van der Waals surface area contributed by atoms with Crippen molar-refractivity contribution >= 4 is 27.5 Å². The van der Waals surface area contributed by atoms with Gasteiger partial charge >= 0.3 is 0 Å². The van der Waals surface area contributed by atoms with E-state index in [1.165, 1.54) is 17.0 Å². The Morgan fingerprint density at radius 2 is 1.58 bits per heavy atom. The van der Waals surface area contributed by atoms with Gasteiger partial charge in [-0.25, -0.2) is 12.8 Å². The Labute approximate surface area is 195 Å². The zero-order valence-electron chi connectivity index (χ0n) is 19.9. The first-order valence-electron chi connectivity index (χ1n) is 10.6. The molecule has 2 amide bonds. The standard InChI is InChI=1S/C24H32FN3O4S/c1-17-7-9-19(10-8-17)15-27(18(2)23(30)26-24(3,4)5)22(29)16-28(33(6,31)32)21-13-11-20(25)12-14-21/h7-14,18H,15-16H2,1-6H3,(H,26,30)/t18-/m1/s1. The van der Waals surface area contributed by atoms with Gasteiger partial charge in [0, 0.05) is 12.1 Å². The highest BCUT2D eigenvalue weighted by atomic mass is 32.2. The van der Waals surface area contributed by atoms with Crippen molar-refractivity contribution in [3.63, 3.8) is 0 Å². The monoisotopic (exact) mass is 477 g/mol. The molecule has 7 nitrogen and oxygen atoms in total. The molecular formula is C24H32FN3O4S. The van der Waals surface area contributed by atoms with Crippen molar-refractivity contribution in [1.29, 1.82) is 0 Å². The van der Waals surface area contributed by atoms with Crippen LogP contribution in [0.5, 0.6) is 0 Å². The zero-order valence-corrected chi connectivity index (χ0v) is 20.7. The number of carbonyl (C=O) groups excluding carboxylic acids is 2. The van der Waals surface area contributed by atoms with E-state index in [4.69, 9.17) is 0 Å². The predicted octanol–water partition coefficient (Wildman–Crippen LogP) is 3.23. The average Bonchev–Trinajstić information content (AvgIpc) is 2.69. The Morgan fingerprint density at radius 3 is 2.06 bits per heavy atom. The molecule has 0 aromatic heterocycles. The highest BCUT2D eigenvalue weighted by molar-refractivity contribution is 7.92. The summed E-state index contributed by atoms with van der Waals surface area (Å²) in [7, 11) is -3.85. The van der Waals surface area contributed by atoms with Gasteiger partial charge in [-0.15, -0.1) is 0 Å². The van der Waals surface area contributed by atoms with Gasteiger partial charge in [0.25, 0.3) is 0 Å². The van der Waals surface area contributed by atoms with Gasteiger partial charge in [0.05, 0.1) is 11.9 Å². The Kier molecular flexibility index (Phi) is 8.24. The first kappa shape index (κ1) is 26.3. The fourth-order valence-electron chi connectivity index (χ4n) is 3.17. The number of amides is 2. The molecule has 0 aliphatic carbocycles. The maximum atomic E-state index is 13.4. The highest BCUT2D eigenvalue weighted by Crippen LogP contribution is 2.20. The normalized spacial score (nSPS) is 12.7.